The van der Waals surface area contributed by atoms with Crippen LogP contribution >= 0.6 is 0 Å². The Morgan fingerprint density at radius 2 is 2.00 bits per heavy atom. The summed E-state index contributed by atoms with van der Waals surface area (Å²) in [5.41, 5.74) is 4.65. The van der Waals surface area contributed by atoms with Gasteiger partial charge in [0.05, 0.1) is 7.11 Å². The second kappa shape index (κ2) is 6.03. The minimum atomic E-state index is -0.120. The van der Waals surface area contributed by atoms with Gasteiger partial charge in [-0.2, -0.15) is 0 Å². The first kappa shape index (κ1) is 16.9. The van der Waals surface area contributed by atoms with Crippen LogP contribution in [0.25, 0.3) is 0 Å². The molecule has 1 aromatic rings. The van der Waals surface area contributed by atoms with Crippen molar-refractivity contribution < 1.29 is 14.3 Å². The van der Waals surface area contributed by atoms with Gasteiger partial charge in [0, 0.05) is 12.3 Å². The van der Waals surface area contributed by atoms with Crippen LogP contribution in [0.5, 0.6) is 5.75 Å². The molecule has 3 heteroatoms. The highest BCUT2D eigenvalue weighted by Gasteiger charge is 2.56. The second-order valence-corrected chi connectivity index (χ2v) is 8.65. The van der Waals surface area contributed by atoms with Crippen molar-refractivity contribution in [3.63, 3.8) is 0 Å². The van der Waals surface area contributed by atoms with E-state index >= 15 is 0 Å². The van der Waals surface area contributed by atoms with Gasteiger partial charge in [0.2, 0.25) is 0 Å². The van der Waals surface area contributed by atoms with Gasteiger partial charge in [-0.3, -0.25) is 4.79 Å². The summed E-state index contributed by atoms with van der Waals surface area (Å²) in [4.78, 5) is 11.5. The number of ether oxygens (including phenoxy) is 2. The molecule has 0 aromatic heterocycles. The average molecular weight is 342 g/mol. The zero-order chi connectivity index (χ0) is 17.8. The summed E-state index contributed by atoms with van der Waals surface area (Å²) in [6.07, 6.45) is 7.17. The lowest BCUT2D eigenvalue weighted by molar-refractivity contribution is -0.154. The molecule has 0 bridgehead atoms. The summed E-state index contributed by atoms with van der Waals surface area (Å²) in [7, 11) is 1.76. The molecule has 0 radical (unpaired) electrons. The Hall–Kier alpha value is -1.51. The van der Waals surface area contributed by atoms with Crippen LogP contribution in [-0.4, -0.2) is 19.2 Å². The highest BCUT2D eigenvalue weighted by molar-refractivity contribution is 5.66. The number of hydrogen-bond donors (Lipinski definition) is 0. The molecule has 25 heavy (non-hydrogen) atoms. The van der Waals surface area contributed by atoms with Crippen LogP contribution in [0.15, 0.2) is 12.1 Å². The van der Waals surface area contributed by atoms with Crippen molar-refractivity contribution in [3.8, 4) is 5.75 Å². The number of carbonyl (C=O) groups is 1. The fourth-order valence-electron chi connectivity index (χ4n) is 6.41. The molecule has 5 atom stereocenters. The zero-order valence-electron chi connectivity index (χ0n) is 15.9. The highest BCUT2D eigenvalue weighted by atomic mass is 16.5. The molecular formula is C22H30O3. The molecular weight excluding hydrogens is 312 g/mol. The minimum Gasteiger partial charge on any atom is -0.497 e. The predicted molar refractivity (Wildman–Crippen MR) is 97.9 cm³/mol. The molecule has 136 valence electrons. The third kappa shape index (κ3) is 2.58. The van der Waals surface area contributed by atoms with Gasteiger partial charge in [-0.25, -0.2) is 0 Å². The Morgan fingerprint density at radius 1 is 1.20 bits per heavy atom. The van der Waals surface area contributed by atoms with Crippen LogP contribution in [0.1, 0.15) is 68.6 Å². The Bertz CT molecular complexity index is 695. The van der Waals surface area contributed by atoms with E-state index in [4.69, 9.17) is 9.47 Å². The molecule has 0 aliphatic heterocycles. The lowest BCUT2D eigenvalue weighted by Gasteiger charge is -2.50. The van der Waals surface area contributed by atoms with E-state index in [9.17, 15) is 4.79 Å². The summed E-state index contributed by atoms with van der Waals surface area (Å²) in [6.45, 7) is 6.18. The summed E-state index contributed by atoms with van der Waals surface area (Å²) in [5.74, 6) is 2.96. The fourth-order valence-corrected chi connectivity index (χ4v) is 6.41. The van der Waals surface area contributed by atoms with Crippen molar-refractivity contribution in [1.82, 2.24) is 0 Å². The van der Waals surface area contributed by atoms with Gasteiger partial charge < -0.3 is 9.47 Å². The standard InChI is InChI=1S/C22H30O3/c1-13-11-16(24-4)12-15-5-6-17-18(21(13)15)9-10-22(3)19(17)7-8-20(22)25-14(2)23/h11-12,17-20H,5-10H2,1-4H3/t17-,18-,19-,20-,22-/m0/s1. The molecule has 1 aromatic carbocycles. The fraction of sp³-hybridized carbons (Fsp3) is 0.682. The Balaban J connectivity index is 1.66. The van der Waals surface area contributed by atoms with Crippen molar-refractivity contribution >= 4 is 5.97 Å². The largest absolute Gasteiger partial charge is 0.497 e. The highest BCUT2D eigenvalue weighted by Crippen LogP contribution is 2.62. The van der Waals surface area contributed by atoms with Crippen molar-refractivity contribution in [1.29, 1.82) is 0 Å². The molecule has 0 saturated heterocycles. The lowest BCUT2D eigenvalue weighted by atomic mass is 9.55. The minimum absolute atomic E-state index is 0.120. The average Bonchev–Trinajstić information content (AvgIpc) is 2.90. The van der Waals surface area contributed by atoms with Gasteiger partial charge >= 0.3 is 5.97 Å². The van der Waals surface area contributed by atoms with Gasteiger partial charge in [0.1, 0.15) is 11.9 Å². The predicted octanol–water partition coefficient (Wildman–Crippen LogP) is 4.79. The normalized spacial score (nSPS) is 36.2. The number of carbonyl (C=O) groups excluding carboxylic acids is 1. The number of rotatable bonds is 2. The van der Waals surface area contributed by atoms with Crippen molar-refractivity contribution in [2.24, 2.45) is 17.3 Å². The van der Waals surface area contributed by atoms with Crippen molar-refractivity contribution in [2.75, 3.05) is 7.11 Å². The van der Waals surface area contributed by atoms with E-state index in [-0.39, 0.29) is 17.5 Å². The number of esters is 1. The van der Waals surface area contributed by atoms with Crippen LogP contribution < -0.4 is 4.74 Å². The number of methoxy groups -OCH3 is 1. The molecule has 2 fully saturated rings. The molecule has 0 unspecified atom stereocenters. The molecule has 0 spiro atoms. The second-order valence-electron chi connectivity index (χ2n) is 8.65. The van der Waals surface area contributed by atoms with E-state index in [1.807, 2.05) is 0 Å². The van der Waals surface area contributed by atoms with Gasteiger partial charge in [0.25, 0.3) is 0 Å². The van der Waals surface area contributed by atoms with Gasteiger partial charge in [-0.15, -0.1) is 0 Å². The summed E-state index contributed by atoms with van der Waals surface area (Å²) in [5, 5.41) is 0. The number of benzene rings is 1. The van der Waals surface area contributed by atoms with Gasteiger partial charge in [0.15, 0.2) is 0 Å². The first-order valence-electron chi connectivity index (χ1n) is 9.78. The van der Waals surface area contributed by atoms with Crippen LogP contribution in [0.2, 0.25) is 0 Å². The zero-order valence-corrected chi connectivity index (χ0v) is 15.9. The number of aryl methyl sites for hydroxylation is 2. The smallest absolute Gasteiger partial charge is 0.302 e. The topological polar surface area (TPSA) is 35.5 Å². The first-order chi connectivity index (χ1) is 11.9. The summed E-state index contributed by atoms with van der Waals surface area (Å²) < 4.78 is 11.2. The monoisotopic (exact) mass is 342 g/mol. The van der Waals surface area contributed by atoms with Crippen LogP contribution in [-0.2, 0) is 16.0 Å². The van der Waals surface area contributed by atoms with Crippen LogP contribution in [0.3, 0.4) is 0 Å². The molecule has 0 heterocycles. The van der Waals surface area contributed by atoms with E-state index in [2.05, 4.69) is 26.0 Å². The van der Waals surface area contributed by atoms with E-state index < -0.39 is 0 Å². The third-order valence-corrected chi connectivity index (χ3v) is 7.46. The van der Waals surface area contributed by atoms with Gasteiger partial charge in [-0.1, -0.05) is 6.92 Å². The third-order valence-electron chi connectivity index (χ3n) is 7.46. The SMILES string of the molecule is COc1cc(C)c2c(c1)CC[C@H]1[C@@H]2CC[C@]2(C)[C@@H](OC(C)=O)CC[C@@H]12. The molecule has 4 rings (SSSR count). The van der Waals surface area contributed by atoms with E-state index in [0.717, 1.165) is 24.5 Å². The van der Waals surface area contributed by atoms with E-state index in [0.29, 0.717) is 11.8 Å². The maximum absolute atomic E-state index is 11.5. The summed E-state index contributed by atoms with van der Waals surface area (Å²) >= 11 is 0. The molecule has 3 nitrogen and oxygen atoms in total. The Morgan fingerprint density at radius 3 is 2.72 bits per heavy atom. The molecule has 2 saturated carbocycles. The van der Waals surface area contributed by atoms with Crippen molar-refractivity contribution in [3.05, 3.63) is 28.8 Å². The van der Waals surface area contributed by atoms with E-state index in [1.165, 1.54) is 36.8 Å². The molecule has 0 N–H and O–H groups in total. The number of fused-ring (bicyclic) bond motifs is 5. The van der Waals surface area contributed by atoms with Gasteiger partial charge in [-0.05, 0) is 92.0 Å². The molecule has 3 aliphatic rings. The Kier molecular flexibility index (Phi) is 4.09. The van der Waals surface area contributed by atoms with Crippen molar-refractivity contribution in [2.45, 2.75) is 71.3 Å². The maximum atomic E-state index is 11.5. The first-order valence-corrected chi connectivity index (χ1v) is 9.78. The molecule has 0 amide bonds. The van der Waals surface area contributed by atoms with Crippen LogP contribution in [0.4, 0.5) is 0 Å². The quantitative estimate of drug-likeness (QED) is 0.725. The number of hydrogen-bond acceptors (Lipinski definition) is 3. The maximum Gasteiger partial charge on any atom is 0.302 e. The van der Waals surface area contributed by atoms with E-state index in [1.54, 1.807) is 19.6 Å². The lowest BCUT2D eigenvalue weighted by Crippen LogP contribution is -2.45. The Labute approximate surface area is 151 Å². The van der Waals surface area contributed by atoms with Crippen LogP contribution in [0, 0.1) is 24.2 Å². The molecule has 3 aliphatic carbocycles. The summed E-state index contributed by atoms with van der Waals surface area (Å²) in [6, 6.07) is 4.45.